The molecule has 0 saturated carbocycles. The van der Waals surface area contributed by atoms with Gasteiger partial charge >= 0.3 is 6.03 Å². The summed E-state index contributed by atoms with van der Waals surface area (Å²) in [5.74, 6) is 1.08. The van der Waals surface area contributed by atoms with Crippen LogP contribution in [-0.2, 0) is 6.42 Å². The highest BCUT2D eigenvalue weighted by Crippen LogP contribution is 2.30. The molecule has 3 rings (SSSR count). The SMILES string of the molecule is CCc1cc(NC(=O)N[C@H](CO)CCN2CC(Sc3ccc(Cl)cc3)C2)no1. The Morgan fingerprint density at radius 1 is 1.43 bits per heavy atom. The van der Waals surface area contributed by atoms with E-state index in [0.29, 0.717) is 29.7 Å². The Balaban J connectivity index is 1.34. The molecule has 1 aromatic carbocycles. The van der Waals surface area contributed by atoms with E-state index < -0.39 is 6.03 Å². The van der Waals surface area contributed by atoms with Crippen LogP contribution in [0, 0.1) is 0 Å². The number of anilines is 1. The molecule has 2 aromatic rings. The fourth-order valence-corrected chi connectivity index (χ4v) is 4.28. The largest absolute Gasteiger partial charge is 0.394 e. The molecule has 0 radical (unpaired) electrons. The maximum atomic E-state index is 12.0. The fraction of sp³-hybridized carbons (Fsp3) is 0.474. The number of aromatic nitrogens is 1. The first kappa shape index (κ1) is 21.0. The Morgan fingerprint density at radius 3 is 2.82 bits per heavy atom. The van der Waals surface area contributed by atoms with Crippen LogP contribution in [0.2, 0.25) is 5.02 Å². The summed E-state index contributed by atoms with van der Waals surface area (Å²) < 4.78 is 5.05. The van der Waals surface area contributed by atoms with Crippen molar-refractivity contribution in [1.29, 1.82) is 0 Å². The lowest BCUT2D eigenvalue weighted by Gasteiger charge is -2.39. The Labute approximate surface area is 173 Å². The predicted octanol–water partition coefficient (Wildman–Crippen LogP) is 3.24. The first-order chi connectivity index (χ1) is 13.6. The second-order valence-electron chi connectivity index (χ2n) is 6.75. The molecule has 0 aliphatic carbocycles. The molecule has 2 amide bonds. The second kappa shape index (κ2) is 10.2. The fourth-order valence-electron chi connectivity index (χ4n) is 2.91. The zero-order valence-electron chi connectivity index (χ0n) is 15.7. The summed E-state index contributed by atoms with van der Waals surface area (Å²) in [4.78, 5) is 15.6. The number of hydrogen-bond donors (Lipinski definition) is 3. The van der Waals surface area contributed by atoms with Gasteiger partial charge in [0.05, 0.1) is 12.6 Å². The van der Waals surface area contributed by atoms with Crippen LogP contribution in [-0.4, -0.2) is 58.7 Å². The number of carbonyl (C=O) groups excluding carboxylic acids is 1. The van der Waals surface area contributed by atoms with Crippen molar-refractivity contribution in [3.05, 3.63) is 41.1 Å². The van der Waals surface area contributed by atoms with Crippen LogP contribution in [0.15, 0.2) is 39.8 Å². The molecule has 1 aliphatic heterocycles. The van der Waals surface area contributed by atoms with Crippen molar-refractivity contribution in [3.63, 3.8) is 0 Å². The number of amides is 2. The molecule has 2 heterocycles. The zero-order valence-corrected chi connectivity index (χ0v) is 17.3. The van der Waals surface area contributed by atoms with Crippen molar-refractivity contribution in [2.45, 2.75) is 36.0 Å². The van der Waals surface area contributed by atoms with Crippen molar-refractivity contribution >= 4 is 35.2 Å². The average molecular weight is 425 g/mol. The number of halogens is 1. The standard InChI is InChI=1S/C19H25ClN4O3S/c1-2-15-9-18(23-27-15)22-19(26)21-14(12-25)7-8-24-10-17(11-24)28-16-5-3-13(20)4-6-16/h3-6,9,14,17,25H,2,7-8,10-12H2,1H3,(H2,21,22,23,26)/t14-/m0/s1. The third kappa shape index (κ3) is 6.13. The Bertz CT molecular complexity index is 765. The number of aliphatic hydroxyl groups is 1. The number of nitrogens with one attached hydrogen (secondary N) is 2. The minimum atomic E-state index is -0.394. The minimum absolute atomic E-state index is 0.108. The molecular formula is C19H25ClN4O3S. The first-order valence-corrected chi connectivity index (χ1v) is 10.6. The maximum absolute atomic E-state index is 12.0. The summed E-state index contributed by atoms with van der Waals surface area (Å²) >= 11 is 7.77. The van der Waals surface area contributed by atoms with Gasteiger partial charge < -0.3 is 19.8 Å². The molecule has 3 N–H and O–H groups in total. The van der Waals surface area contributed by atoms with Gasteiger partial charge in [-0.15, -0.1) is 11.8 Å². The van der Waals surface area contributed by atoms with Gasteiger partial charge in [0.2, 0.25) is 0 Å². The van der Waals surface area contributed by atoms with E-state index in [-0.39, 0.29) is 12.6 Å². The molecule has 1 atom stereocenters. The zero-order chi connectivity index (χ0) is 19.9. The van der Waals surface area contributed by atoms with Crippen LogP contribution in [0.5, 0.6) is 0 Å². The molecule has 152 valence electrons. The van der Waals surface area contributed by atoms with E-state index in [9.17, 15) is 9.90 Å². The number of carbonyl (C=O) groups is 1. The van der Waals surface area contributed by atoms with Gasteiger partial charge in [0, 0.05) is 47.3 Å². The third-order valence-corrected chi connectivity index (χ3v) is 5.97. The monoisotopic (exact) mass is 424 g/mol. The Hall–Kier alpha value is -1.74. The number of thioether (sulfide) groups is 1. The molecule has 0 unspecified atom stereocenters. The van der Waals surface area contributed by atoms with Crippen molar-refractivity contribution < 1.29 is 14.4 Å². The average Bonchev–Trinajstić information content (AvgIpc) is 3.11. The second-order valence-corrected chi connectivity index (χ2v) is 8.56. The van der Waals surface area contributed by atoms with Gasteiger partial charge in [-0.1, -0.05) is 23.7 Å². The van der Waals surface area contributed by atoms with E-state index in [1.807, 2.05) is 43.0 Å². The smallest absolute Gasteiger partial charge is 0.320 e. The molecule has 1 saturated heterocycles. The molecule has 28 heavy (non-hydrogen) atoms. The number of aryl methyl sites for hydroxylation is 1. The van der Waals surface area contributed by atoms with Gasteiger partial charge in [0.15, 0.2) is 5.82 Å². The molecule has 1 aromatic heterocycles. The van der Waals surface area contributed by atoms with Crippen molar-refractivity contribution in [2.75, 3.05) is 31.6 Å². The number of benzene rings is 1. The van der Waals surface area contributed by atoms with Crippen LogP contribution < -0.4 is 10.6 Å². The highest BCUT2D eigenvalue weighted by molar-refractivity contribution is 8.00. The number of rotatable bonds is 9. The molecular weight excluding hydrogens is 400 g/mol. The lowest BCUT2D eigenvalue weighted by atomic mass is 10.1. The first-order valence-electron chi connectivity index (χ1n) is 9.34. The summed E-state index contributed by atoms with van der Waals surface area (Å²) in [5.41, 5.74) is 0. The van der Waals surface area contributed by atoms with E-state index in [1.54, 1.807) is 6.07 Å². The van der Waals surface area contributed by atoms with E-state index >= 15 is 0 Å². The molecule has 9 heteroatoms. The number of nitrogens with zero attached hydrogens (tertiary/aromatic N) is 2. The number of likely N-dealkylation sites (tertiary alicyclic amines) is 1. The third-order valence-electron chi connectivity index (χ3n) is 4.54. The Morgan fingerprint density at radius 2 is 2.18 bits per heavy atom. The summed E-state index contributed by atoms with van der Waals surface area (Å²) in [6, 6.07) is 8.88. The number of aliphatic hydroxyl groups excluding tert-OH is 1. The molecule has 1 aliphatic rings. The summed E-state index contributed by atoms with van der Waals surface area (Å²) in [6.45, 7) is 4.66. The van der Waals surface area contributed by atoms with Gasteiger partial charge in [0.1, 0.15) is 5.76 Å². The number of urea groups is 1. The van der Waals surface area contributed by atoms with E-state index in [0.717, 1.165) is 24.7 Å². The van der Waals surface area contributed by atoms with Crippen LogP contribution in [0.3, 0.4) is 0 Å². The lowest BCUT2D eigenvalue weighted by Crippen LogP contribution is -2.51. The summed E-state index contributed by atoms with van der Waals surface area (Å²) in [7, 11) is 0. The van der Waals surface area contributed by atoms with Crippen molar-refractivity contribution in [3.8, 4) is 0 Å². The highest BCUT2D eigenvalue weighted by atomic mass is 35.5. The van der Waals surface area contributed by atoms with Crippen molar-refractivity contribution in [2.24, 2.45) is 0 Å². The van der Waals surface area contributed by atoms with E-state index in [1.165, 1.54) is 4.90 Å². The molecule has 7 nitrogen and oxygen atoms in total. The maximum Gasteiger partial charge on any atom is 0.320 e. The molecule has 0 bridgehead atoms. The Kier molecular flexibility index (Phi) is 7.61. The van der Waals surface area contributed by atoms with Crippen LogP contribution in [0.4, 0.5) is 10.6 Å². The summed E-state index contributed by atoms with van der Waals surface area (Å²) in [5, 5.41) is 20.0. The highest BCUT2D eigenvalue weighted by Gasteiger charge is 2.27. The lowest BCUT2D eigenvalue weighted by molar-refractivity contribution is 0.164. The minimum Gasteiger partial charge on any atom is -0.394 e. The van der Waals surface area contributed by atoms with Gasteiger partial charge in [-0.2, -0.15) is 0 Å². The quantitative estimate of drug-likeness (QED) is 0.572. The van der Waals surface area contributed by atoms with Gasteiger partial charge in [-0.25, -0.2) is 4.79 Å². The van der Waals surface area contributed by atoms with Crippen molar-refractivity contribution in [1.82, 2.24) is 15.4 Å². The van der Waals surface area contributed by atoms with E-state index in [4.69, 9.17) is 16.1 Å². The molecule has 1 fully saturated rings. The molecule has 0 spiro atoms. The van der Waals surface area contributed by atoms with E-state index in [2.05, 4.69) is 20.7 Å². The van der Waals surface area contributed by atoms with Crippen LogP contribution >= 0.6 is 23.4 Å². The van der Waals surface area contributed by atoms with Gasteiger partial charge in [0.25, 0.3) is 0 Å². The topological polar surface area (TPSA) is 90.6 Å². The van der Waals surface area contributed by atoms with Crippen LogP contribution in [0.25, 0.3) is 0 Å². The normalized spacial score (nSPS) is 15.8. The number of hydrogen-bond acceptors (Lipinski definition) is 6. The van der Waals surface area contributed by atoms with Gasteiger partial charge in [-0.3, -0.25) is 5.32 Å². The van der Waals surface area contributed by atoms with Crippen LogP contribution in [0.1, 0.15) is 19.1 Å². The summed E-state index contributed by atoms with van der Waals surface area (Å²) in [6.07, 6.45) is 1.39. The van der Waals surface area contributed by atoms with Gasteiger partial charge in [-0.05, 0) is 30.7 Å². The predicted molar refractivity (Wildman–Crippen MR) is 111 cm³/mol.